The molecule has 0 atom stereocenters. The number of rotatable bonds is 0. The number of imidazole rings is 1. The van der Waals surface area contributed by atoms with Crippen LogP contribution in [0.4, 0.5) is 0 Å². The van der Waals surface area contributed by atoms with Gasteiger partial charge in [-0.05, 0) is 0 Å². The molecule has 10 heavy (non-hydrogen) atoms. The maximum atomic E-state index is 2.12. The SMILES string of the molecule is Cc1c(C)[n+](C)cn1C.[Cl-]. The lowest BCUT2D eigenvalue weighted by atomic mass is 10.4. The number of aromatic nitrogens is 2. The summed E-state index contributed by atoms with van der Waals surface area (Å²) < 4.78 is 4.24. The summed E-state index contributed by atoms with van der Waals surface area (Å²) in [6, 6.07) is 0. The quantitative estimate of drug-likeness (QED) is 0.371. The van der Waals surface area contributed by atoms with Crippen LogP contribution < -0.4 is 17.0 Å². The molecule has 0 bridgehead atoms. The van der Waals surface area contributed by atoms with Crippen molar-refractivity contribution < 1.29 is 17.0 Å². The molecule has 0 saturated heterocycles. The fourth-order valence-electron chi connectivity index (χ4n) is 0.943. The predicted octanol–water partition coefficient (Wildman–Crippen LogP) is -2.53. The molecule has 0 spiro atoms. The van der Waals surface area contributed by atoms with E-state index in [0.29, 0.717) is 0 Å². The highest BCUT2D eigenvalue weighted by Gasteiger charge is 2.07. The van der Waals surface area contributed by atoms with E-state index in [1.165, 1.54) is 11.4 Å². The van der Waals surface area contributed by atoms with Crippen LogP contribution in [-0.4, -0.2) is 4.57 Å². The fraction of sp³-hybridized carbons (Fsp3) is 0.571. The van der Waals surface area contributed by atoms with Gasteiger partial charge in [0.25, 0.3) is 0 Å². The van der Waals surface area contributed by atoms with Crippen molar-refractivity contribution in [3.63, 3.8) is 0 Å². The van der Waals surface area contributed by atoms with Gasteiger partial charge in [-0.2, -0.15) is 0 Å². The highest BCUT2D eigenvalue weighted by molar-refractivity contribution is 5.01. The van der Waals surface area contributed by atoms with Crippen LogP contribution in [0.15, 0.2) is 6.33 Å². The molecule has 0 fully saturated rings. The number of nitrogens with zero attached hydrogens (tertiary/aromatic N) is 2. The third-order valence-electron chi connectivity index (χ3n) is 1.93. The van der Waals surface area contributed by atoms with Crippen LogP contribution in [0.5, 0.6) is 0 Å². The second-order valence-corrected chi connectivity index (χ2v) is 2.51. The molecule has 0 radical (unpaired) electrons. The summed E-state index contributed by atoms with van der Waals surface area (Å²) in [5, 5.41) is 0. The van der Waals surface area contributed by atoms with Crippen LogP contribution in [0.3, 0.4) is 0 Å². The third kappa shape index (κ3) is 1.32. The first-order chi connectivity index (χ1) is 4.13. The number of aryl methyl sites for hydroxylation is 2. The molecule has 0 aliphatic rings. The summed E-state index contributed by atoms with van der Waals surface area (Å²) in [5.41, 5.74) is 2.66. The first kappa shape index (κ1) is 9.50. The molecule has 1 aromatic rings. The topological polar surface area (TPSA) is 8.81 Å². The predicted molar refractivity (Wildman–Crippen MR) is 36.1 cm³/mol. The summed E-state index contributed by atoms with van der Waals surface area (Å²) >= 11 is 0. The Morgan fingerprint density at radius 2 is 1.90 bits per heavy atom. The number of halogens is 1. The summed E-state index contributed by atoms with van der Waals surface area (Å²) in [4.78, 5) is 0. The van der Waals surface area contributed by atoms with Gasteiger partial charge in [-0.1, -0.05) is 0 Å². The van der Waals surface area contributed by atoms with Crippen molar-refractivity contribution in [1.29, 1.82) is 0 Å². The minimum atomic E-state index is 0. The van der Waals surface area contributed by atoms with Gasteiger partial charge in [-0.25, -0.2) is 9.13 Å². The second kappa shape index (κ2) is 3.06. The van der Waals surface area contributed by atoms with Gasteiger partial charge in [0.15, 0.2) is 0 Å². The third-order valence-corrected chi connectivity index (χ3v) is 1.93. The highest BCUT2D eigenvalue weighted by atomic mass is 35.5. The smallest absolute Gasteiger partial charge is 0.243 e. The van der Waals surface area contributed by atoms with Crippen molar-refractivity contribution in [3.8, 4) is 0 Å². The molecule has 0 aromatic carbocycles. The summed E-state index contributed by atoms with van der Waals surface area (Å²) in [6.07, 6.45) is 2.07. The van der Waals surface area contributed by atoms with Crippen molar-refractivity contribution >= 4 is 0 Å². The van der Waals surface area contributed by atoms with E-state index < -0.39 is 0 Å². The minimum Gasteiger partial charge on any atom is -1.00 e. The molecule has 0 aliphatic carbocycles. The van der Waals surface area contributed by atoms with Crippen LogP contribution >= 0.6 is 0 Å². The van der Waals surface area contributed by atoms with Crippen molar-refractivity contribution in [3.05, 3.63) is 17.7 Å². The lowest BCUT2D eigenvalue weighted by molar-refractivity contribution is -0.677. The number of hydrogen-bond donors (Lipinski definition) is 0. The molecule has 1 rings (SSSR count). The second-order valence-electron chi connectivity index (χ2n) is 2.51. The van der Waals surface area contributed by atoms with Gasteiger partial charge in [0.1, 0.15) is 11.4 Å². The van der Waals surface area contributed by atoms with Gasteiger partial charge in [0.2, 0.25) is 6.33 Å². The van der Waals surface area contributed by atoms with E-state index in [9.17, 15) is 0 Å². The maximum Gasteiger partial charge on any atom is 0.243 e. The lowest BCUT2D eigenvalue weighted by Gasteiger charge is -1.84. The van der Waals surface area contributed by atoms with E-state index in [2.05, 4.69) is 43.4 Å². The number of hydrogen-bond acceptors (Lipinski definition) is 0. The van der Waals surface area contributed by atoms with Gasteiger partial charge in [0, 0.05) is 13.8 Å². The Morgan fingerprint density at radius 1 is 1.40 bits per heavy atom. The van der Waals surface area contributed by atoms with E-state index in [1.54, 1.807) is 0 Å². The van der Waals surface area contributed by atoms with E-state index in [4.69, 9.17) is 0 Å². The van der Waals surface area contributed by atoms with Gasteiger partial charge in [-0.15, -0.1) is 0 Å². The molecule has 2 nitrogen and oxygen atoms in total. The molecule has 1 aromatic heterocycles. The molecule has 58 valence electrons. The average molecular weight is 161 g/mol. The van der Waals surface area contributed by atoms with Crippen molar-refractivity contribution in [2.24, 2.45) is 14.1 Å². The summed E-state index contributed by atoms with van der Waals surface area (Å²) in [7, 11) is 4.12. The first-order valence-electron chi connectivity index (χ1n) is 3.11. The van der Waals surface area contributed by atoms with E-state index in [0.717, 1.165) is 0 Å². The zero-order valence-corrected chi connectivity index (χ0v) is 7.61. The van der Waals surface area contributed by atoms with E-state index in [-0.39, 0.29) is 12.4 Å². The summed E-state index contributed by atoms with van der Waals surface area (Å²) in [6.45, 7) is 4.24. The van der Waals surface area contributed by atoms with Crippen LogP contribution in [0, 0.1) is 13.8 Å². The molecule has 0 amide bonds. The molecule has 0 N–H and O–H groups in total. The Hall–Kier alpha value is -0.500. The zero-order chi connectivity index (χ0) is 7.02. The average Bonchev–Trinajstić information content (AvgIpc) is 1.98. The molecular weight excluding hydrogens is 148 g/mol. The molecule has 0 saturated carbocycles. The zero-order valence-electron chi connectivity index (χ0n) is 6.85. The van der Waals surface area contributed by atoms with E-state index in [1.807, 2.05) is 0 Å². The molecule has 0 unspecified atom stereocenters. The largest absolute Gasteiger partial charge is 1.00 e. The normalized spacial score (nSPS) is 9.20. The van der Waals surface area contributed by atoms with Gasteiger partial charge < -0.3 is 12.4 Å². The van der Waals surface area contributed by atoms with Gasteiger partial charge >= 0.3 is 0 Å². The standard InChI is InChI=1S/C7H13N2.ClH/c1-6-7(2)9(4)5-8(6)3;/h5H,1-4H3;1H/q+1;/p-1. The van der Waals surface area contributed by atoms with Crippen LogP contribution in [0.2, 0.25) is 0 Å². The van der Waals surface area contributed by atoms with Gasteiger partial charge in [0.05, 0.1) is 14.1 Å². The van der Waals surface area contributed by atoms with Crippen LogP contribution in [0.1, 0.15) is 11.4 Å². The molecule has 0 aliphatic heterocycles. The molecule has 3 heteroatoms. The summed E-state index contributed by atoms with van der Waals surface area (Å²) in [5.74, 6) is 0. The fourth-order valence-corrected chi connectivity index (χ4v) is 0.943. The van der Waals surface area contributed by atoms with Gasteiger partial charge in [-0.3, -0.25) is 0 Å². The van der Waals surface area contributed by atoms with Crippen LogP contribution in [-0.2, 0) is 14.1 Å². The Kier molecular flexibility index (Phi) is 2.91. The Bertz CT molecular complexity index is 205. The van der Waals surface area contributed by atoms with E-state index >= 15 is 0 Å². The first-order valence-corrected chi connectivity index (χ1v) is 3.11. The lowest BCUT2D eigenvalue weighted by Crippen LogP contribution is -3.00. The highest BCUT2D eigenvalue weighted by Crippen LogP contribution is 1.97. The minimum absolute atomic E-state index is 0. The Balaban J connectivity index is 0.000000810. The monoisotopic (exact) mass is 160 g/mol. The van der Waals surface area contributed by atoms with Crippen LogP contribution in [0.25, 0.3) is 0 Å². The Morgan fingerprint density at radius 3 is 2.00 bits per heavy atom. The van der Waals surface area contributed by atoms with Crippen molar-refractivity contribution in [2.75, 3.05) is 0 Å². The molecular formula is C7H13ClN2. The van der Waals surface area contributed by atoms with Crippen molar-refractivity contribution in [2.45, 2.75) is 13.8 Å². The maximum absolute atomic E-state index is 2.12. The Labute approximate surface area is 67.9 Å². The van der Waals surface area contributed by atoms with Crippen molar-refractivity contribution in [1.82, 2.24) is 4.57 Å². The molecule has 1 heterocycles.